The predicted octanol–water partition coefficient (Wildman–Crippen LogP) is 3.25. The molecule has 0 bridgehead atoms. The van der Waals surface area contributed by atoms with Gasteiger partial charge in [0.1, 0.15) is 5.69 Å². The number of hydrogen-bond donors (Lipinski definition) is 1. The van der Waals surface area contributed by atoms with Gasteiger partial charge in [-0.05, 0) is 30.7 Å². The first-order chi connectivity index (χ1) is 12.6. The van der Waals surface area contributed by atoms with Gasteiger partial charge in [0.15, 0.2) is 5.78 Å². The first-order valence-electron chi connectivity index (χ1n) is 8.50. The summed E-state index contributed by atoms with van der Waals surface area (Å²) in [5, 5.41) is 14.5. The molecule has 26 heavy (non-hydrogen) atoms. The van der Waals surface area contributed by atoms with Crippen molar-refractivity contribution in [2.75, 3.05) is 36.5 Å². The summed E-state index contributed by atoms with van der Waals surface area (Å²) >= 11 is 0. The Bertz CT molecular complexity index is 816. The van der Waals surface area contributed by atoms with Gasteiger partial charge in [-0.1, -0.05) is 18.2 Å². The maximum atomic E-state index is 11.5. The van der Waals surface area contributed by atoms with Crippen LogP contribution in [0.3, 0.4) is 0 Å². The third-order valence-electron chi connectivity index (χ3n) is 4.41. The molecule has 7 heteroatoms. The van der Waals surface area contributed by atoms with Crippen LogP contribution < -0.4 is 10.2 Å². The van der Waals surface area contributed by atoms with Gasteiger partial charge in [-0.15, -0.1) is 0 Å². The highest BCUT2D eigenvalue weighted by molar-refractivity contribution is 5.95. The van der Waals surface area contributed by atoms with Crippen molar-refractivity contribution in [2.45, 2.75) is 13.5 Å². The summed E-state index contributed by atoms with van der Waals surface area (Å²) in [7, 11) is 0. The smallest absolute Gasteiger partial charge is 0.293 e. The highest BCUT2D eigenvalue weighted by atomic mass is 16.6. The molecule has 0 atom stereocenters. The molecule has 0 spiro atoms. The molecule has 0 aliphatic carbocycles. The molecule has 7 nitrogen and oxygen atoms in total. The molecule has 0 unspecified atom stereocenters. The molecule has 1 aliphatic rings. The Morgan fingerprint density at radius 1 is 1.23 bits per heavy atom. The lowest BCUT2D eigenvalue weighted by atomic mass is 10.1. The van der Waals surface area contributed by atoms with Crippen LogP contribution in [-0.2, 0) is 11.3 Å². The minimum absolute atomic E-state index is 0.0958. The summed E-state index contributed by atoms with van der Waals surface area (Å²) in [5.41, 5.74) is 2.79. The second-order valence-corrected chi connectivity index (χ2v) is 6.13. The number of benzene rings is 2. The number of hydrogen-bond acceptors (Lipinski definition) is 6. The summed E-state index contributed by atoms with van der Waals surface area (Å²) in [6.45, 7) is 4.88. The van der Waals surface area contributed by atoms with Gasteiger partial charge in [-0.2, -0.15) is 0 Å². The Kier molecular flexibility index (Phi) is 5.48. The van der Waals surface area contributed by atoms with E-state index in [0.717, 1.165) is 24.3 Å². The molecule has 1 heterocycles. The van der Waals surface area contributed by atoms with E-state index in [2.05, 4.69) is 16.3 Å². The van der Waals surface area contributed by atoms with E-state index in [9.17, 15) is 14.9 Å². The van der Waals surface area contributed by atoms with Crippen molar-refractivity contribution in [3.8, 4) is 0 Å². The van der Waals surface area contributed by atoms with E-state index in [-0.39, 0.29) is 11.5 Å². The van der Waals surface area contributed by atoms with Gasteiger partial charge in [0.05, 0.1) is 18.1 Å². The van der Waals surface area contributed by atoms with Gasteiger partial charge >= 0.3 is 0 Å². The summed E-state index contributed by atoms with van der Waals surface area (Å²) in [4.78, 5) is 24.6. The Balaban J connectivity index is 1.81. The number of rotatable bonds is 6. The maximum Gasteiger partial charge on any atom is 0.293 e. The van der Waals surface area contributed by atoms with Gasteiger partial charge in [-0.25, -0.2) is 0 Å². The number of ketones is 1. The minimum atomic E-state index is -0.470. The summed E-state index contributed by atoms with van der Waals surface area (Å²) in [5.74, 6) is -0.197. The number of morpholine rings is 1. The zero-order valence-electron chi connectivity index (χ0n) is 14.6. The fourth-order valence-corrected chi connectivity index (χ4v) is 3.01. The Hall–Kier alpha value is -2.93. The zero-order valence-corrected chi connectivity index (χ0v) is 14.6. The first kappa shape index (κ1) is 17.9. The molecule has 1 N–H and O–H groups in total. The highest BCUT2D eigenvalue weighted by Gasteiger charge is 2.18. The number of para-hydroxylation sites is 1. The van der Waals surface area contributed by atoms with Crippen LogP contribution in [0.2, 0.25) is 0 Å². The molecule has 1 aliphatic heterocycles. The van der Waals surface area contributed by atoms with Crippen LogP contribution in [0, 0.1) is 10.1 Å². The average molecular weight is 355 g/mol. The summed E-state index contributed by atoms with van der Waals surface area (Å²) in [6.07, 6.45) is 0. The van der Waals surface area contributed by atoms with Crippen LogP contribution in [0.25, 0.3) is 0 Å². The van der Waals surface area contributed by atoms with E-state index < -0.39 is 4.92 Å². The number of Topliss-reactive ketones (excluding diaryl/α,β-unsaturated/α-hetero) is 1. The zero-order chi connectivity index (χ0) is 18.5. The Morgan fingerprint density at radius 2 is 1.96 bits per heavy atom. The molecule has 3 rings (SSSR count). The molecule has 136 valence electrons. The van der Waals surface area contributed by atoms with Gasteiger partial charge < -0.3 is 15.0 Å². The van der Waals surface area contributed by atoms with Crippen LogP contribution in [0.1, 0.15) is 22.8 Å². The fraction of sp³-hybridized carbons (Fsp3) is 0.316. The average Bonchev–Trinajstić information content (AvgIpc) is 2.67. The van der Waals surface area contributed by atoms with Gasteiger partial charge in [0.2, 0.25) is 0 Å². The van der Waals surface area contributed by atoms with Crippen LogP contribution in [0.5, 0.6) is 0 Å². The molecular formula is C19H21N3O4. The van der Waals surface area contributed by atoms with E-state index in [1.807, 2.05) is 18.2 Å². The van der Waals surface area contributed by atoms with E-state index in [0.29, 0.717) is 31.0 Å². The lowest BCUT2D eigenvalue weighted by molar-refractivity contribution is -0.384. The van der Waals surface area contributed by atoms with Crippen molar-refractivity contribution >= 4 is 22.8 Å². The number of carbonyl (C=O) groups is 1. The minimum Gasteiger partial charge on any atom is -0.378 e. The molecule has 0 amide bonds. The third kappa shape index (κ3) is 4.00. The van der Waals surface area contributed by atoms with Gasteiger partial charge in [0.25, 0.3) is 5.69 Å². The van der Waals surface area contributed by atoms with Crippen LogP contribution >= 0.6 is 0 Å². The van der Waals surface area contributed by atoms with E-state index in [4.69, 9.17) is 4.74 Å². The summed E-state index contributed by atoms with van der Waals surface area (Å²) < 4.78 is 5.40. The lowest BCUT2D eigenvalue weighted by Gasteiger charge is -2.30. The SMILES string of the molecule is CC(=O)c1ccc(NCc2ccccc2N2CCOCC2)c([N+](=O)[O-])c1. The normalized spacial score (nSPS) is 14.1. The summed E-state index contributed by atoms with van der Waals surface area (Å²) in [6, 6.07) is 12.5. The quantitative estimate of drug-likeness (QED) is 0.486. The van der Waals surface area contributed by atoms with Crippen molar-refractivity contribution in [3.05, 3.63) is 63.7 Å². The molecule has 0 radical (unpaired) electrons. The largest absolute Gasteiger partial charge is 0.378 e. The molecule has 0 aromatic heterocycles. The number of ether oxygens (including phenoxy) is 1. The van der Waals surface area contributed by atoms with Crippen LogP contribution in [-0.4, -0.2) is 37.0 Å². The molecule has 2 aromatic rings. The van der Waals surface area contributed by atoms with Crippen molar-refractivity contribution in [3.63, 3.8) is 0 Å². The van der Waals surface area contributed by atoms with Gasteiger partial charge in [-0.3, -0.25) is 14.9 Å². The van der Waals surface area contributed by atoms with Crippen molar-refractivity contribution in [1.82, 2.24) is 0 Å². The Labute approximate surface area is 151 Å². The topological polar surface area (TPSA) is 84.7 Å². The van der Waals surface area contributed by atoms with Crippen LogP contribution in [0.15, 0.2) is 42.5 Å². The van der Waals surface area contributed by atoms with Crippen LogP contribution in [0.4, 0.5) is 17.1 Å². The first-order valence-corrected chi connectivity index (χ1v) is 8.50. The standard InChI is InChI=1S/C19H21N3O4/c1-14(23)15-6-7-17(19(12-15)22(24)25)20-13-16-4-2-3-5-18(16)21-8-10-26-11-9-21/h2-7,12,20H,8-11,13H2,1H3. The van der Waals surface area contributed by atoms with Gasteiger partial charge in [0, 0.05) is 37.0 Å². The monoisotopic (exact) mass is 355 g/mol. The van der Waals surface area contributed by atoms with Crippen molar-refractivity contribution in [1.29, 1.82) is 0 Å². The highest BCUT2D eigenvalue weighted by Crippen LogP contribution is 2.28. The van der Waals surface area contributed by atoms with E-state index >= 15 is 0 Å². The molecule has 1 fully saturated rings. The Morgan fingerprint density at radius 3 is 2.65 bits per heavy atom. The molecule has 1 saturated heterocycles. The maximum absolute atomic E-state index is 11.5. The number of nitro groups is 1. The fourth-order valence-electron chi connectivity index (χ4n) is 3.01. The lowest BCUT2D eigenvalue weighted by Crippen LogP contribution is -2.36. The van der Waals surface area contributed by atoms with E-state index in [1.54, 1.807) is 12.1 Å². The number of nitrogens with zero attached hydrogens (tertiary/aromatic N) is 2. The molecule has 0 saturated carbocycles. The second-order valence-electron chi connectivity index (χ2n) is 6.13. The third-order valence-corrected chi connectivity index (χ3v) is 4.41. The van der Waals surface area contributed by atoms with Crippen molar-refractivity contribution in [2.24, 2.45) is 0 Å². The van der Waals surface area contributed by atoms with E-state index in [1.165, 1.54) is 13.0 Å². The van der Waals surface area contributed by atoms with Crippen molar-refractivity contribution < 1.29 is 14.5 Å². The number of nitrogens with one attached hydrogen (secondary N) is 1. The predicted molar refractivity (Wildman–Crippen MR) is 99.9 cm³/mol. The number of anilines is 2. The number of carbonyl (C=O) groups excluding carboxylic acids is 1. The number of nitro benzene ring substituents is 1. The second kappa shape index (κ2) is 7.97. The molecule has 2 aromatic carbocycles. The molecular weight excluding hydrogens is 334 g/mol.